The van der Waals surface area contributed by atoms with Gasteiger partial charge < -0.3 is 10.4 Å². The van der Waals surface area contributed by atoms with Crippen molar-refractivity contribution in [1.82, 2.24) is 24.6 Å². The van der Waals surface area contributed by atoms with Gasteiger partial charge in [0.2, 0.25) is 5.95 Å². The maximum absolute atomic E-state index is 11.6. The maximum Gasteiger partial charge on any atom is 0.356 e. The number of allylic oxidation sites excluding steroid dienone is 1. The third kappa shape index (κ3) is 3.60. The van der Waals surface area contributed by atoms with Crippen LogP contribution in [0.3, 0.4) is 0 Å². The Morgan fingerprint density at radius 3 is 2.85 bits per heavy atom. The Balaban J connectivity index is 1.76. The highest BCUT2D eigenvalue weighted by atomic mass is 16.4. The lowest BCUT2D eigenvalue weighted by Crippen LogP contribution is -2.36. The van der Waals surface area contributed by atoms with Crippen molar-refractivity contribution in [2.45, 2.75) is 38.4 Å². The first-order valence-electron chi connectivity index (χ1n) is 8.65. The summed E-state index contributed by atoms with van der Waals surface area (Å²) in [4.78, 5) is 22.3. The van der Waals surface area contributed by atoms with Crippen molar-refractivity contribution in [2.75, 3.05) is 19.4 Å². The first-order valence-corrected chi connectivity index (χ1v) is 8.65. The Morgan fingerprint density at radius 1 is 1.50 bits per heavy atom. The predicted octanol–water partition coefficient (Wildman–Crippen LogP) is 1.59. The molecule has 2 aromatic rings. The highest BCUT2D eigenvalue weighted by molar-refractivity contribution is 5.87. The molecule has 0 bridgehead atoms. The molecular formula is C18H24N6O2. The first-order chi connectivity index (χ1) is 12.5. The largest absolute Gasteiger partial charge is 0.476 e. The number of nitrogens with zero attached hydrogens (tertiary/aromatic N) is 5. The average molecular weight is 356 g/mol. The highest BCUT2D eigenvalue weighted by Crippen LogP contribution is 2.28. The topological polar surface area (TPSA) is 96.2 Å². The van der Waals surface area contributed by atoms with Crippen LogP contribution in [0.15, 0.2) is 25.0 Å². The van der Waals surface area contributed by atoms with Gasteiger partial charge in [-0.15, -0.1) is 6.58 Å². The van der Waals surface area contributed by atoms with Gasteiger partial charge in [-0.1, -0.05) is 6.08 Å². The zero-order valence-electron chi connectivity index (χ0n) is 15.1. The summed E-state index contributed by atoms with van der Waals surface area (Å²) in [7, 11) is 3.84. The molecule has 0 saturated heterocycles. The van der Waals surface area contributed by atoms with Crippen molar-refractivity contribution < 1.29 is 9.90 Å². The molecule has 8 heteroatoms. The van der Waals surface area contributed by atoms with Gasteiger partial charge in [0.1, 0.15) is 0 Å². The van der Waals surface area contributed by atoms with Crippen molar-refractivity contribution in [3.05, 3.63) is 47.6 Å². The van der Waals surface area contributed by atoms with E-state index in [1.807, 2.05) is 12.4 Å². The number of aromatic carboxylic acids is 1. The molecular weight excluding hydrogens is 332 g/mol. The molecule has 0 unspecified atom stereocenters. The number of hydrogen-bond acceptors (Lipinski definition) is 6. The van der Waals surface area contributed by atoms with E-state index in [9.17, 15) is 9.90 Å². The van der Waals surface area contributed by atoms with Crippen molar-refractivity contribution >= 4 is 11.9 Å². The molecule has 0 radical (unpaired) electrons. The van der Waals surface area contributed by atoms with Crippen molar-refractivity contribution in [1.29, 1.82) is 0 Å². The van der Waals surface area contributed by atoms with Crippen LogP contribution in [0.4, 0.5) is 5.95 Å². The van der Waals surface area contributed by atoms with E-state index in [0.29, 0.717) is 25.5 Å². The molecule has 0 fully saturated rings. The van der Waals surface area contributed by atoms with Crippen LogP contribution >= 0.6 is 0 Å². The predicted molar refractivity (Wildman–Crippen MR) is 98.2 cm³/mol. The van der Waals surface area contributed by atoms with Crippen LogP contribution in [0, 0.1) is 0 Å². The van der Waals surface area contributed by atoms with Gasteiger partial charge in [0.05, 0.1) is 6.54 Å². The standard InChI is InChI=1S/C18H24N6O2/c1-4-7-24-15-6-5-13(8-14(15)16(22-24)17(25)26)23(3)11-12-9-20-18(19-2)21-10-12/h4,9-10,13H,1,5-8,11H2,2-3H3,(H,25,26)(H,19,20,21)/t13-/m1/s1. The zero-order valence-corrected chi connectivity index (χ0v) is 15.1. The van der Waals surface area contributed by atoms with E-state index in [-0.39, 0.29) is 11.7 Å². The second-order valence-corrected chi connectivity index (χ2v) is 6.53. The Labute approximate surface area is 152 Å². The summed E-state index contributed by atoms with van der Waals surface area (Å²) in [5.41, 5.74) is 3.07. The lowest BCUT2D eigenvalue weighted by molar-refractivity contribution is 0.0687. The number of nitrogens with one attached hydrogen (secondary N) is 1. The van der Waals surface area contributed by atoms with E-state index in [4.69, 9.17) is 0 Å². The summed E-state index contributed by atoms with van der Waals surface area (Å²) >= 11 is 0. The summed E-state index contributed by atoms with van der Waals surface area (Å²) in [6, 6.07) is 0.256. The van der Waals surface area contributed by atoms with Crippen LogP contribution in [0.1, 0.15) is 33.7 Å². The number of likely N-dealkylation sites (N-methyl/N-ethyl adjacent to an activating group) is 1. The highest BCUT2D eigenvalue weighted by Gasteiger charge is 2.30. The number of rotatable bonds is 7. The SMILES string of the molecule is C=CCn1nc(C(=O)O)c2c1CC[C@@H](N(C)Cc1cnc(NC)nc1)C2. The minimum absolute atomic E-state index is 0.168. The molecule has 0 aromatic carbocycles. The Kier molecular flexibility index (Phi) is 5.32. The molecule has 0 amide bonds. The van der Waals surface area contributed by atoms with Gasteiger partial charge in [-0.3, -0.25) is 9.58 Å². The van der Waals surface area contributed by atoms with Gasteiger partial charge in [0, 0.05) is 48.8 Å². The average Bonchev–Trinajstić information content (AvgIpc) is 3.01. The second kappa shape index (κ2) is 7.65. The molecule has 3 rings (SSSR count). The van der Waals surface area contributed by atoms with Crippen molar-refractivity contribution in [3.8, 4) is 0 Å². The van der Waals surface area contributed by atoms with E-state index < -0.39 is 5.97 Å². The summed E-state index contributed by atoms with van der Waals surface area (Å²) < 4.78 is 1.77. The molecule has 2 N–H and O–H groups in total. The van der Waals surface area contributed by atoms with Crippen LogP contribution in [-0.4, -0.2) is 55.9 Å². The zero-order chi connectivity index (χ0) is 18.7. The van der Waals surface area contributed by atoms with E-state index in [1.54, 1.807) is 17.8 Å². The lowest BCUT2D eigenvalue weighted by Gasteiger charge is -2.31. The number of fused-ring (bicyclic) bond motifs is 1. The van der Waals surface area contributed by atoms with Crippen LogP contribution < -0.4 is 5.32 Å². The maximum atomic E-state index is 11.6. The van der Waals surface area contributed by atoms with Crippen LogP contribution in [0.2, 0.25) is 0 Å². The smallest absolute Gasteiger partial charge is 0.356 e. The number of aromatic nitrogens is 4. The van der Waals surface area contributed by atoms with Gasteiger partial charge >= 0.3 is 5.97 Å². The van der Waals surface area contributed by atoms with Crippen LogP contribution in [0.5, 0.6) is 0 Å². The number of hydrogen-bond donors (Lipinski definition) is 2. The van der Waals surface area contributed by atoms with E-state index in [0.717, 1.165) is 29.7 Å². The van der Waals surface area contributed by atoms with Crippen molar-refractivity contribution in [2.24, 2.45) is 0 Å². The fourth-order valence-electron chi connectivity index (χ4n) is 3.47. The molecule has 138 valence electrons. The van der Waals surface area contributed by atoms with Crippen molar-refractivity contribution in [3.63, 3.8) is 0 Å². The summed E-state index contributed by atoms with van der Waals surface area (Å²) in [6.07, 6.45) is 7.82. The van der Waals surface area contributed by atoms with Gasteiger partial charge in [-0.05, 0) is 26.3 Å². The molecule has 26 heavy (non-hydrogen) atoms. The van der Waals surface area contributed by atoms with Gasteiger partial charge in [-0.25, -0.2) is 14.8 Å². The monoisotopic (exact) mass is 356 g/mol. The molecule has 0 saturated carbocycles. The number of anilines is 1. The van der Waals surface area contributed by atoms with Gasteiger partial charge in [0.25, 0.3) is 0 Å². The molecule has 8 nitrogen and oxygen atoms in total. The number of carboxylic acids is 1. The van der Waals surface area contributed by atoms with Crippen LogP contribution in [0.25, 0.3) is 0 Å². The Bertz CT molecular complexity index is 799. The quantitative estimate of drug-likeness (QED) is 0.727. The molecule has 2 aromatic heterocycles. The lowest BCUT2D eigenvalue weighted by atomic mass is 9.90. The fraction of sp³-hybridized carbons (Fsp3) is 0.444. The molecule has 2 heterocycles. The summed E-state index contributed by atoms with van der Waals surface area (Å²) in [5, 5.41) is 16.7. The minimum atomic E-state index is -0.969. The van der Waals surface area contributed by atoms with E-state index >= 15 is 0 Å². The fourth-order valence-corrected chi connectivity index (χ4v) is 3.47. The molecule has 0 aliphatic heterocycles. The van der Waals surface area contributed by atoms with E-state index in [1.165, 1.54) is 0 Å². The van der Waals surface area contributed by atoms with Gasteiger partial charge in [-0.2, -0.15) is 5.10 Å². The second-order valence-electron chi connectivity index (χ2n) is 6.53. The summed E-state index contributed by atoms with van der Waals surface area (Å²) in [6.45, 7) is 4.98. The number of carbonyl (C=O) groups is 1. The normalized spacial score (nSPS) is 16.3. The van der Waals surface area contributed by atoms with Crippen LogP contribution in [-0.2, 0) is 25.9 Å². The molecule has 1 atom stereocenters. The third-order valence-electron chi connectivity index (χ3n) is 4.81. The summed E-state index contributed by atoms with van der Waals surface area (Å²) in [5.74, 6) is -0.372. The van der Waals surface area contributed by atoms with E-state index in [2.05, 4.69) is 38.9 Å². The van der Waals surface area contributed by atoms with Gasteiger partial charge in [0.15, 0.2) is 5.69 Å². The molecule has 0 spiro atoms. The number of carboxylic acid groups (broad SMARTS) is 1. The minimum Gasteiger partial charge on any atom is -0.476 e. The Hall–Kier alpha value is -2.74. The third-order valence-corrected chi connectivity index (χ3v) is 4.81. The molecule has 1 aliphatic rings. The Morgan fingerprint density at radius 2 is 2.23 bits per heavy atom. The first kappa shape index (κ1) is 18.1. The molecule has 1 aliphatic carbocycles.